The molecule has 0 unspecified atom stereocenters. The number of hydrogen-bond acceptors (Lipinski definition) is 3. The highest BCUT2D eigenvalue weighted by Crippen LogP contribution is 2.18. The van der Waals surface area contributed by atoms with E-state index in [0.717, 1.165) is 12.0 Å². The monoisotopic (exact) mass is 358 g/mol. The molecule has 0 fully saturated rings. The molecule has 2 aromatic rings. The van der Waals surface area contributed by atoms with Gasteiger partial charge in [-0.25, -0.2) is 8.42 Å². The molecule has 0 aromatic heterocycles. The lowest BCUT2D eigenvalue weighted by atomic mass is 10.1. The highest BCUT2D eigenvalue weighted by atomic mass is 32.2. The third kappa shape index (κ3) is 5.69. The van der Waals surface area contributed by atoms with Gasteiger partial charge in [0.25, 0.3) is 0 Å². The van der Waals surface area contributed by atoms with Crippen molar-refractivity contribution in [3.63, 3.8) is 0 Å². The molecule has 2 aromatic carbocycles. The second-order valence-electron chi connectivity index (χ2n) is 5.52. The molecule has 0 aliphatic heterocycles. The van der Waals surface area contributed by atoms with Crippen molar-refractivity contribution in [3.8, 4) is 0 Å². The van der Waals surface area contributed by atoms with Crippen LogP contribution >= 0.6 is 11.8 Å². The molecule has 0 bridgehead atoms. The number of sulfone groups is 1. The normalized spacial score (nSPS) is 12.7. The minimum absolute atomic E-state index is 0.0135. The molecular weight excluding hydrogens is 336 g/mol. The van der Waals surface area contributed by atoms with Crippen molar-refractivity contribution >= 4 is 21.6 Å². The van der Waals surface area contributed by atoms with Crippen molar-refractivity contribution in [1.29, 1.82) is 0 Å². The van der Waals surface area contributed by atoms with Gasteiger partial charge >= 0.3 is 0 Å². The maximum Gasteiger partial charge on any atom is 0.181 e. The first-order chi connectivity index (χ1) is 11.5. The summed E-state index contributed by atoms with van der Waals surface area (Å²) in [7, 11) is -3.26. The average molecular weight is 359 g/mol. The number of thioether (sulfide) groups is 1. The largest absolute Gasteiger partial charge is 0.223 e. The second kappa shape index (κ2) is 8.90. The van der Waals surface area contributed by atoms with Gasteiger partial charge in [0.05, 0.1) is 10.6 Å². The lowest BCUT2D eigenvalue weighted by Crippen LogP contribution is -2.04. The van der Waals surface area contributed by atoms with Gasteiger partial charge in [-0.1, -0.05) is 66.3 Å². The lowest BCUT2D eigenvalue weighted by Gasteiger charge is -2.03. The summed E-state index contributed by atoms with van der Waals surface area (Å²) in [6.07, 6.45) is 8.42. The van der Waals surface area contributed by atoms with Crippen LogP contribution < -0.4 is 0 Å². The maximum atomic E-state index is 12.3. The Morgan fingerprint density at radius 2 is 1.71 bits per heavy atom. The van der Waals surface area contributed by atoms with E-state index in [4.69, 9.17) is 0 Å². The van der Waals surface area contributed by atoms with Crippen molar-refractivity contribution in [1.82, 2.24) is 0 Å². The van der Waals surface area contributed by atoms with E-state index in [1.807, 2.05) is 55.7 Å². The molecule has 0 aliphatic carbocycles. The van der Waals surface area contributed by atoms with E-state index in [-0.39, 0.29) is 5.75 Å². The van der Waals surface area contributed by atoms with E-state index in [1.54, 1.807) is 30.0 Å². The highest BCUT2D eigenvalue weighted by Gasteiger charge is 2.11. The van der Waals surface area contributed by atoms with Crippen molar-refractivity contribution < 1.29 is 8.42 Å². The standard InChI is InChI=1S/C20H22O2S2/c1-17-11-13-20(14-12-17)24(21,22)15-7-6-10-19(23-2)16-18-8-4-3-5-9-18/h3-14H,15-16H2,1-2H3/b7-6+,19-10+. The minimum Gasteiger partial charge on any atom is -0.223 e. The van der Waals surface area contributed by atoms with E-state index in [1.165, 1.54) is 10.5 Å². The molecule has 0 N–H and O–H groups in total. The quantitative estimate of drug-likeness (QED) is 0.666. The Balaban J connectivity index is 2.00. The van der Waals surface area contributed by atoms with Crippen molar-refractivity contribution in [2.45, 2.75) is 18.2 Å². The molecule has 0 saturated carbocycles. The van der Waals surface area contributed by atoms with Crippen LogP contribution in [0.4, 0.5) is 0 Å². The fraction of sp³-hybridized carbons (Fsp3) is 0.200. The molecule has 0 aliphatic rings. The van der Waals surface area contributed by atoms with Crippen LogP contribution in [0.2, 0.25) is 0 Å². The second-order valence-corrected chi connectivity index (χ2v) is 8.49. The molecular formula is C20H22O2S2. The van der Waals surface area contributed by atoms with Crippen molar-refractivity contribution in [2.24, 2.45) is 0 Å². The molecule has 126 valence electrons. The summed E-state index contributed by atoms with van der Waals surface area (Å²) < 4.78 is 24.5. The van der Waals surface area contributed by atoms with Gasteiger partial charge in [0.2, 0.25) is 0 Å². The van der Waals surface area contributed by atoms with Crippen molar-refractivity contribution in [2.75, 3.05) is 12.0 Å². The van der Waals surface area contributed by atoms with Gasteiger partial charge in [0.15, 0.2) is 9.84 Å². The lowest BCUT2D eigenvalue weighted by molar-refractivity contribution is 0.599. The summed E-state index contributed by atoms with van der Waals surface area (Å²) in [5.74, 6) is 0.0135. The molecule has 2 nitrogen and oxygen atoms in total. The minimum atomic E-state index is -3.26. The molecule has 0 atom stereocenters. The first-order valence-electron chi connectivity index (χ1n) is 7.74. The number of allylic oxidation sites excluding steroid dienone is 3. The van der Waals surface area contributed by atoms with Crippen LogP contribution in [0.1, 0.15) is 11.1 Å². The number of aryl methyl sites for hydroxylation is 1. The summed E-state index contributed by atoms with van der Waals surface area (Å²) in [5, 5.41) is 0. The van der Waals surface area contributed by atoms with Crippen LogP contribution in [0.15, 0.2) is 82.6 Å². The molecule has 0 amide bonds. The van der Waals surface area contributed by atoms with E-state index in [2.05, 4.69) is 12.1 Å². The Morgan fingerprint density at radius 1 is 1.04 bits per heavy atom. The average Bonchev–Trinajstić information content (AvgIpc) is 2.59. The predicted molar refractivity (Wildman–Crippen MR) is 104 cm³/mol. The van der Waals surface area contributed by atoms with Gasteiger partial charge in [-0.2, -0.15) is 0 Å². The third-order valence-corrected chi connectivity index (χ3v) is 6.02. The highest BCUT2D eigenvalue weighted by molar-refractivity contribution is 8.02. The Morgan fingerprint density at radius 3 is 2.33 bits per heavy atom. The Kier molecular flexibility index (Phi) is 6.88. The predicted octanol–water partition coefficient (Wildman–Crippen LogP) is 4.81. The fourth-order valence-electron chi connectivity index (χ4n) is 2.20. The summed E-state index contributed by atoms with van der Waals surface area (Å²) in [6, 6.07) is 17.2. The zero-order valence-corrected chi connectivity index (χ0v) is 15.6. The molecule has 4 heteroatoms. The fourth-order valence-corrected chi connectivity index (χ4v) is 3.83. The molecule has 0 saturated heterocycles. The number of hydrogen-bond donors (Lipinski definition) is 0. The summed E-state index contributed by atoms with van der Waals surface area (Å²) in [4.78, 5) is 1.57. The molecule has 24 heavy (non-hydrogen) atoms. The van der Waals surface area contributed by atoms with E-state index in [9.17, 15) is 8.42 Å². The third-order valence-electron chi connectivity index (χ3n) is 3.60. The molecule has 0 heterocycles. The van der Waals surface area contributed by atoms with Crippen LogP contribution in [-0.4, -0.2) is 20.4 Å². The van der Waals surface area contributed by atoms with Crippen LogP contribution in [0.5, 0.6) is 0 Å². The van der Waals surface area contributed by atoms with E-state index >= 15 is 0 Å². The smallest absolute Gasteiger partial charge is 0.181 e. The SMILES string of the molecule is CS/C(=C/C=C/CS(=O)(=O)c1ccc(C)cc1)Cc1ccccc1. The number of rotatable bonds is 7. The number of benzene rings is 2. The van der Waals surface area contributed by atoms with Gasteiger partial charge in [-0.15, -0.1) is 11.8 Å². The zero-order valence-electron chi connectivity index (χ0n) is 14.0. The summed E-state index contributed by atoms with van der Waals surface area (Å²) in [5.41, 5.74) is 2.30. The van der Waals surface area contributed by atoms with Crippen LogP contribution in [0.25, 0.3) is 0 Å². The zero-order chi connectivity index (χ0) is 17.4. The Hall–Kier alpha value is -1.78. The maximum absolute atomic E-state index is 12.3. The van der Waals surface area contributed by atoms with Crippen LogP contribution in [-0.2, 0) is 16.3 Å². The summed E-state index contributed by atoms with van der Waals surface area (Å²) in [6.45, 7) is 1.94. The summed E-state index contributed by atoms with van der Waals surface area (Å²) >= 11 is 1.68. The Bertz CT molecular complexity index is 802. The van der Waals surface area contributed by atoms with Crippen LogP contribution in [0.3, 0.4) is 0 Å². The molecule has 0 radical (unpaired) electrons. The topological polar surface area (TPSA) is 34.1 Å². The first-order valence-corrected chi connectivity index (χ1v) is 10.6. The van der Waals surface area contributed by atoms with Gasteiger partial charge in [-0.05, 0) is 35.8 Å². The van der Waals surface area contributed by atoms with Gasteiger partial charge in [0.1, 0.15) is 0 Å². The van der Waals surface area contributed by atoms with Gasteiger partial charge in [-0.3, -0.25) is 0 Å². The van der Waals surface area contributed by atoms with Crippen molar-refractivity contribution in [3.05, 3.63) is 88.9 Å². The van der Waals surface area contributed by atoms with E-state index < -0.39 is 9.84 Å². The van der Waals surface area contributed by atoms with Gasteiger partial charge < -0.3 is 0 Å². The van der Waals surface area contributed by atoms with E-state index in [0.29, 0.717) is 4.90 Å². The molecule has 0 spiro atoms. The Labute approximate surface area is 149 Å². The van der Waals surface area contributed by atoms with Gasteiger partial charge in [0, 0.05) is 6.42 Å². The molecule has 2 rings (SSSR count). The first kappa shape index (κ1) is 18.6. The van der Waals surface area contributed by atoms with Crippen LogP contribution in [0, 0.1) is 6.92 Å².